The van der Waals surface area contributed by atoms with E-state index >= 15 is 0 Å². The fourth-order valence-corrected chi connectivity index (χ4v) is 2.34. The van der Waals surface area contributed by atoms with Gasteiger partial charge in [-0.2, -0.15) is 0 Å². The van der Waals surface area contributed by atoms with Gasteiger partial charge in [-0.1, -0.05) is 11.6 Å². The van der Waals surface area contributed by atoms with Crippen LogP contribution in [0.5, 0.6) is 5.75 Å². The van der Waals surface area contributed by atoms with E-state index in [1.54, 1.807) is 45.3 Å². The lowest BCUT2D eigenvalue weighted by atomic mass is 10.1. The molecule has 0 spiro atoms. The number of aryl methyl sites for hydroxylation is 1. The lowest BCUT2D eigenvalue weighted by Crippen LogP contribution is -2.31. The van der Waals surface area contributed by atoms with Gasteiger partial charge >= 0.3 is 0 Å². The van der Waals surface area contributed by atoms with Crippen molar-refractivity contribution in [2.45, 2.75) is 13.5 Å². The van der Waals surface area contributed by atoms with Crippen molar-refractivity contribution in [2.75, 3.05) is 14.2 Å². The molecule has 0 radical (unpaired) electrons. The highest BCUT2D eigenvalue weighted by atomic mass is 35.5. The smallest absolute Gasteiger partial charge is 0.260 e. The topological polar surface area (TPSA) is 62.4 Å². The van der Waals surface area contributed by atoms with Gasteiger partial charge in [-0.15, -0.1) is 0 Å². The summed E-state index contributed by atoms with van der Waals surface area (Å²) in [6, 6.07) is 8.43. The van der Waals surface area contributed by atoms with Gasteiger partial charge in [0.25, 0.3) is 11.5 Å². The molecule has 1 aromatic heterocycles. The molecule has 0 unspecified atom stereocenters. The van der Waals surface area contributed by atoms with E-state index in [-0.39, 0.29) is 18.0 Å². The maximum absolute atomic E-state index is 12.4. The monoisotopic (exact) mass is 320 g/mol. The quantitative estimate of drug-likeness (QED) is 0.942. The van der Waals surface area contributed by atoms with E-state index in [9.17, 15) is 9.59 Å². The molecule has 22 heavy (non-hydrogen) atoms. The molecule has 0 saturated heterocycles. The molecule has 2 aromatic rings. The fraction of sp³-hybridized carbons (Fsp3) is 0.250. The lowest BCUT2D eigenvalue weighted by Gasteiger charge is -2.19. The van der Waals surface area contributed by atoms with E-state index in [0.29, 0.717) is 16.5 Å². The van der Waals surface area contributed by atoms with Crippen LogP contribution in [0.4, 0.5) is 0 Å². The average Bonchev–Trinajstić information content (AvgIpc) is 2.47. The summed E-state index contributed by atoms with van der Waals surface area (Å²) in [7, 11) is 3.18. The molecule has 0 bridgehead atoms. The van der Waals surface area contributed by atoms with Gasteiger partial charge in [0, 0.05) is 29.9 Å². The molecule has 1 amide bonds. The summed E-state index contributed by atoms with van der Waals surface area (Å²) in [5, 5.41) is 0.560. The molecule has 5 nitrogen and oxygen atoms in total. The Morgan fingerprint density at radius 3 is 2.68 bits per heavy atom. The first-order chi connectivity index (χ1) is 10.4. The van der Waals surface area contributed by atoms with Crippen molar-refractivity contribution in [1.82, 2.24) is 9.88 Å². The number of nitrogens with one attached hydrogen (secondary N) is 1. The Kier molecular flexibility index (Phi) is 4.88. The van der Waals surface area contributed by atoms with E-state index < -0.39 is 5.56 Å². The van der Waals surface area contributed by atoms with Crippen LogP contribution in [0, 0.1) is 6.92 Å². The number of carbonyl (C=O) groups is 1. The zero-order chi connectivity index (χ0) is 16.3. The second-order valence-electron chi connectivity index (χ2n) is 5.00. The van der Waals surface area contributed by atoms with Gasteiger partial charge < -0.3 is 14.6 Å². The van der Waals surface area contributed by atoms with Crippen LogP contribution in [0.2, 0.25) is 5.02 Å². The van der Waals surface area contributed by atoms with Crippen LogP contribution in [0.1, 0.15) is 21.6 Å². The number of benzene rings is 1. The van der Waals surface area contributed by atoms with Gasteiger partial charge in [0.05, 0.1) is 7.11 Å². The van der Waals surface area contributed by atoms with Crippen molar-refractivity contribution in [3.63, 3.8) is 0 Å². The molecule has 0 aliphatic rings. The minimum Gasteiger partial charge on any atom is -0.496 e. The van der Waals surface area contributed by atoms with E-state index in [1.807, 2.05) is 0 Å². The minimum absolute atomic E-state index is 0.106. The van der Waals surface area contributed by atoms with Gasteiger partial charge in [-0.25, -0.2) is 0 Å². The highest BCUT2D eigenvalue weighted by molar-refractivity contribution is 6.30. The Balaban J connectivity index is 2.25. The van der Waals surface area contributed by atoms with Gasteiger partial charge in [0.2, 0.25) is 0 Å². The summed E-state index contributed by atoms with van der Waals surface area (Å²) in [6.07, 6.45) is 0. The van der Waals surface area contributed by atoms with Crippen molar-refractivity contribution >= 4 is 17.5 Å². The lowest BCUT2D eigenvalue weighted by molar-refractivity contribution is 0.0782. The average molecular weight is 321 g/mol. The number of ether oxygens (including phenoxy) is 1. The maximum Gasteiger partial charge on any atom is 0.260 e. The number of carbonyl (C=O) groups excluding carboxylic acids is 1. The Labute approximate surface area is 133 Å². The molecule has 1 aromatic carbocycles. The Morgan fingerprint density at radius 2 is 2.05 bits per heavy atom. The second-order valence-corrected chi connectivity index (χ2v) is 5.44. The van der Waals surface area contributed by atoms with Crippen molar-refractivity contribution in [1.29, 1.82) is 0 Å². The maximum atomic E-state index is 12.4. The second kappa shape index (κ2) is 6.66. The van der Waals surface area contributed by atoms with Gasteiger partial charge in [0.15, 0.2) is 0 Å². The number of amides is 1. The molecule has 0 atom stereocenters. The molecular formula is C16H17ClN2O3. The largest absolute Gasteiger partial charge is 0.496 e. The number of hydrogen-bond donors (Lipinski definition) is 1. The van der Waals surface area contributed by atoms with E-state index in [1.165, 1.54) is 11.0 Å². The van der Waals surface area contributed by atoms with Crippen LogP contribution in [0.25, 0.3) is 0 Å². The first kappa shape index (κ1) is 16.1. The van der Waals surface area contributed by atoms with Crippen LogP contribution in [0.3, 0.4) is 0 Å². The van der Waals surface area contributed by atoms with Crippen LogP contribution in [-0.4, -0.2) is 29.9 Å². The third-order valence-corrected chi connectivity index (χ3v) is 3.52. The number of halogens is 1. The first-order valence-corrected chi connectivity index (χ1v) is 7.08. The number of nitrogens with zero attached hydrogens (tertiary/aromatic N) is 1. The van der Waals surface area contributed by atoms with Crippen molar-refractivity contribution in [2.24, 2.45) is 0 Å². The van der Waals surface area contributed by atoms with E-state index in [0.717, 1.165) is 5.56 Å². The number of pyridine rings is 1. The summed E-state index contributed by atoms with van der Waals surface area (Å²) in [4.78, 5) is 28.3. The molecule has 0 fully saturated rings. The van der Waals surface area contributed by atoms with E-state index in [4.69, 9.17) is 16.3 Å². The minimum atomic E-state index is -0.394. The van der Waals surface area contributed by atoms with Crippen LogP contribution < -0.4 is 10.3 Å². The molecule has 0 aliphatic heterocycles. The summed E-state index contributed by atoms with van der Waals surface area (Å²) >= 11 is 5.98. The van der Waals surface area contributed by atoms with Crippen LogP contribution in [0.15, 0.2) is 35.1 Å². The summed E-state index contributed by atoms with van der Waals surface area (Å²) in [5.74, 6) is 0.283. The van der Waals surface area contributed by atoms with Crippen LogP contribution >= 0.6 is 11.6 Å². The zero-order valence-corrected chi connectivity index (χ0v) is 13.4. The normalized spacial score (nSPS) is 10.4. The zero-order valence-electron chi connectivity index (χ0n) is 12.6. The predicted octanol–water partition coefficient (Wildman–Crippen LogP) is 2.62. The number of hydrogen-bond acceptors (Lipinski definition) is 3. The number of aromatic nitrogens is 1. The Hall–Kier alpha value is -2.27. The highest BCUT2D eigenvalue weighted by Crippen LogP contribution is 2.24. The summed E-state index contributed by atoms with van der Waals surface area (Å²) in [5.41, 5.74) is 1.19. The molecule has 1 N–H and O–H groups in total. The molecule has 1 heterocycles. The summed E-state index contributed by atoms with van der Waals surface area (Å²) in [6.45, 7) is 2.05. The van der Waals surface area contributed by atoms with Gasteiger partial charge in [0.1, 0.15) is 11.3 Å². The standard InChI is InChI=1S/C16H17ClN2O3/c1-10-4-6-13(15(20)18-10)16(21)19(2)9-11-8-12(17)5-7-14(11)22-3/h4-8H,9H2,1-3H3,(H,18,20). The molecule has 116 valence electrons. The Morgan fingerprint density at radius 1 is 1.32 bits per heavy atom. The van der Waals surface area contributed by atoms with Crippen molar-refractivity contribution in [3.05, 3.63) is 62.5 Å². The van der Waals surface area contributed by atoms with Crippen LogP contribution in [-0.2, 0) is 6.54 Å². The van der Waals surface area contributed by atoms with Gasteiger partial charge in [-0.3, -0.25) is 9.59 Å². The van der Waals surface area contributed by atoms with E-state index in [2.05, 4.69) is 4.98 Å². The SMILES string of the molecule is COc1ccc(Cl)cc1CN(C)C(=O)c1ccc(C)[nH]c1=O. The molecule has 0 saturated carbocycles. The Bertz CT molecular complexity index is 755. The van der Waals surface area contributed by atoms with Crippen molar-refractivity contribution < 1.29 is 9.53 Å². The highest BCUT2D eigenvalue weighted by Gasteiger charge is 2.17. The summed E-state index contributed by atoms with van der Waals surface area (Å²) < 4.78 is 5.26. The van der Waals surface area contributed by atoms with Gasteiger partial charge in [-0.05, 0) is 37.3 Å². The van der Waals surface area contributed by atoms with Crippen molar-refractivity contribution in [3.8, 4) is 5.75 Å². The number of rotatable bonds is 4. The number of methoxy groups -OCH3 is 1. The molecule has 0 aliphatic carbocycles. The third kappa shape index (κ3) is 3.49. The number of H-pyrrole nitrogens is 1. The third-order valence-electron chi connectivity index (χ3n) is 3.28. The molecular weight excluding hydrogens is 304 g/mol. The first-order valence-electron chi connectivity index (χ1n) is 6.70. The molecule has 2 rings (SSSR count). The number of aromatic amines is 1. The molecule has 6 heteroatoms. The predicted molar refractivity (Wildman–Crippen MR) is 85.6 cm³/mol. The fourth-order valence-electron chi connectivity index (χ4n) is 2.14.